The van der Waals surface area contributed by atoms with Gasteiger partial charge in [0.2, 0.25) is 0 Å². The lowest BCUT2D eigenvalue weighted by molar-refractivity contribution is 0.173. The van der Waals surface area contributed by atoms with Crippen molar-refractivity contribution in [3.05, 3.63) is 66.2 Å². The summed E-state index contributed by atoms with van der Waals surface area (Å²) in [5, 5.41) is 15.0. The predicted molar refractivity (Wildman–Crippen MR) is 119 cm³/mol. The number of nitrogens with one attached hydrogen (secondary N) is 1. The molecule has 1 atom stereocenters. The summed E-state index contributed by atoms with van der Waals surface area (Å²) in [4.78, 5) is 17.6. The Labute approximate surface area is 175 Å². The minimum atomic E-state index is -0.515. The highest BCUT2D eigenvalue weighted by atomic mass is 16.3. The van der Waals surface area contributed by atoms with Gasteiger partial charge in [0, 0.05) is 35.7 Å². The third-order valence-electron chi connectivity index (χ3n) is 5.12. The van der Waals surface area contributed by atoms with Gasteiger partial charge in [0.25, 0.3) is 0 Å². The maximum atomic E-state index is 10.1. The third kappa shape index (κ3) is 3.92. The average Bonchev–Trinajstić information content (AvgIpc) is 2.78. The average molecular weight is 400 g/mol. The summed E-state index contributed by atoms with van der Waals surface area (Å²) in [6, 6.07) is 9.56. The molecule has 0 saturated carbocycles. The lowest BCUT2D eigenvalue weighted by atomic mass is 10.0. The molecular formula is C23H24N6O. The number of nitrogens with two attached hydrogens (primary N) is 1. The fraction of sp³-hybridized carbons (Fsp3) is 0.217. The summed E-state index contributed by atoms with van der Waals surface area (Å²) in [5.74, 6) is 1.69. The van der Waals surface area contributed by atoms with E-state index in [1.54, 1.807) is 18.6 Å². The molecule has 0 saturated heterocycles. The highest BCUT2D eigenvalue weighted by Gasteiger charge is 2.11. The van der Waals surface area contributed by atoms with Crippen molar-refractivity contribution in [3.63, 3.8) is 0 Å². The van der Waals surface area contributed by atoms with Crippen LogP contribution in [-0.4, -0.2) is 25.0 Å². The summed E-state index contributed by atoms with van der Waals surface area (Å²) in [5.41, 5.74) is 9.97. The van der Waals surface area contributed by atoms with Crippen LogP contribution < -0.4 is 11.1 Å². The third-order valence-corrected chi connectivity index (χ3v) is 5.12. The Morgan fingerprint density at radius 2 is 1.87 bits per heavy atom. The Morgan fingerprint density at radius 1 is 1.03 bits per heavy atom. The summed E-state index contributed by atoms with van der Waals surface area (Å²) >= 11 is 0. The molecule has 4 heterocycles. The highest BCUT2D eigenvalue weighted by molar-refractivity contribution is 5.94. The fourth-order valence-corrected chi connectivity index (χ4v) is 3.43. The topological polar surface area (TPSA) is 110 Å². The van der Waals surface area contributed by atoms with E-state index in [1.807, 2.05) is 43.5 Å². The van der Waals surface area contributed by atoms with Gasteiger partial charge in [-0.05, 0) is 59.7 Å². The number of nitrogens with zero attached hydrogens (tertiary/aromatic N) is 4. The normalized spacial score (nSPS) is 12.1. The van der Waals surface area contributed by atoms with Gasteiger partial charge in [-0.1, -0.05) is 13.8 Å². The van der Waals surface area contributed by atoms with E-state index in [4.69, 9.17) is 5.73 Å². The second-order valence-corrected chi connectivity index (χ2v) is 7.09. The van der Waals surface area contributed by atoms with Crippen molar-refractivity contribution in [2.75, 3.05) is 11.1 Å². The van der Waals surface area contributed by atoms with Crippen LogP contribution in [-0.2, 0) is 6.42 Å². The van der Waals surface area contributed by atoms with Crippen LogP contribution in [0.1, 0.15) is 37.5 Å². The van der Waals surface area contributed by atoms with Crippen LogP contribution in [0.15, 0.2) is 55.1 Å². The molecule has 4 aromatic rings. The lowest BCUT2D eigenvalue weighted by Crippen LogP contribution is -2.01. The molecule has 7 nitrogen and oxygen atoms in total. The molecule has 152 valence electrons. The Kier molecular flexibility index (Phi) is 5.54. The highest BCUT2D eigenvalue weighted by Crippen LogP contribution is 2.29. The minimum Gasteiger partial charge on any atom is -0.388 e. The summed E-state index contributed by atoms with van der Waals surface area (Å²) < 4.78 is 0. The van der Waals surface area contributed by atoms with Gasteiger partial charge in [-0.2, -0.15) is 0 Å². The maximum Gasteiger partial charge on any atom is 0.133 e. The Morgan fingerprint density at radius 3 is 2.67 bits per heavy atom. The molecule has 0 amide bonds. The van der Waals surface area contributed by atoms with E-state index in [2.05, 4.69) is 32.2 Å². The van der Waals surface area contributed by atoms with E-state index in [0.29, 0.717) is 23.9 Å². The quantitative estimate of drug-likeness (QED) is 0.439. The molecule has 0 fully saturated rings. The van der Waals surface area contributed by atoms with Crippen molar-refractivity contribution in [1.29, 1.82) is 0 Å². The molecule has 4 aromatic heterocycles. The molecule has 0 radical (unpaired) electrons. The Hall–Kier alpha value is -3.58. The standard InChI is InChI=1S/C23H24N6O/c1-3-14-5-7-25-12-17(14)19-9-16-11-22(27-13-18(16)23(24)28-19)29-21-10-15(6-8-26-21)20(30)4-2/h5-13,20,30H,3-4H2,1-2H3,(H2,24,28)(H,26,27,29)/t20-/m1/s1. The number of hydrogen-bond acceptors (Lipinski definition) is 7. The zero-order valence-electron chi connectivity index (χ0n) is 17.0. The first-order chi connectivity index (χ1) is 14.6. The number of hydrogen-bond donors (Lipinski definition) is 3. The van der Waals surface area contributed by atoms with Crippen LogP contribution in [0.3, 0.4) is 0 Å². The zero-order valence-corrected chi connectivity index (χ0v) is 17.0. The van der Waals surface area contributed by atoms with Gasteiger partial charge < -0.3 is 16.2 Å². The molecule has 0 aromatic carbocycles. The van der Waals surface area contributed by atoms with Crippen molar-refractivity contribution in [3.8, 4) is 11.3 Å². The number of aromatic nitrogens is 4. The van der Waals surface area contributed by atoms with Crippen molar-refractivity contribution in [2.45, 2.75) is 32.8 Å². The van der Waals surface area contributed by atoms with Gasteiger partial charge in [0.15, 0.2) is 0 Å². The van der Waals surface area contributed by atoms with Crippen LogP contribution in [0.2, 0.25) is 0 Å². The monoisotopic (exact) mass is 400 g/mol. The SMILES string of the molecule is CCc1ccncc1-c1cc2cc(Nc3cc([C@H](O)CC)ccn3)ncc2c(N)n1. The number of aryl methyl sites for hydroxylation is 1. The van der Waals surface area contributed by atoms with Crippen molar-refractivity contribution in [1.82, 2.24) is 19.9 Å². The molecule has 0 aliphatic rings. The van der Waals surface area contributed by atoms with Gasteiger partial charge in [0.1, 0.15) is 17.5 Å². The van der Waals surface area contributed by atoms with Crippen LogP contribution in [0, 0.1) is 0 Å². The molecule has 0 aliphatic heterocycles. The van der Waals surface area contributed by atoms with E-state index in [1.165, 1.54) is 5.56 Å². The van der Waals surface area contributed by atoms with Gasteiger partial charge in [-0.25, -0.2) is 15.0 Å². The first kappa shape index (κ1) is 19.7. The second kappa shape index (κ2) is 8.42. The summed E-state index contributed by atoms with van der Waals surface area (Å²) in [7, 11) is 0. The molecule has 0 spiro atoms. The fourth-order valence-electron chi connectivity index (χ4n) is 3.43. The molecular weight excluding hydrogens is 376 g/mol. The molecule has 30 heavy (non-hydrogen) atoms. The van der Waals surface area contributed by atoms with E-state index < -0.39 is 6.10 Å². The smallest absolute Gasteiger partial charge is 0.133 e. The number of aliphatic hydroxyl groups is 1. The van der Waals surface area contributed by atoms with E-state index in [0.717, 1.165) is 34.0 Å². The number of aliphatic hydroxyl groups excluding tert-OH is 1. The Bertz CT molecular complexity index is 1190. The van der Waals surface area contributed by atoms with Crippen molar-refractivity contribution in [2.24, 2.45) is 0 Å². The van der Waals surface area contributed by atoms with Gasteiger partial charge in [0.05, 0.1) is 11.8 Å². The lowest BCUT2D eigenvalue weighted by Gasteiger charge is -2.12. The number of pyridine rings is 4. The Balaban J connectivity index is 1.72. The van der Waals surface area contributed by atoms with Gasteiger partial charge in [-0.3, -0.25) is 4.98 Å². The van der Waals surface area contributed by atoms with E-state index in [-0.39, 0.29) is 0 Å². The molecule has 0 aliphatic carbocycles. The number of anilines is 3. The summed E-state index contributed by atoms with van der Waals surface area (Å²) in [6.07, 6.45) is 7.99. The molecule has 0 unspecified atom stereocenters. The van der Waals surface area contributed by atoms with Crippen molar-refractivity contribution < 1.29 is 5.11 Å². The second-order valence-electron chi connectivity index (χ2n) is 7.09. The minimum absolute atomic E-state index is 0.429. The molecule has 4 N–H and O–H groups in total. The van der Waals surface area contributed by atoms with Crippen LogP contribution in [0.25, 0.3) is 22.0 Å². The molecule has 0 bridgehead atoms. The van der Waals surface area contributed by atoms with Gasteiger partial charge in [-0.15, -0.1) is 0 Å². The number of fused-ring (bicyclic) bond motifs is 1. The molecule has 7 heteroatoms. The zero-order chi connectivity index (χ0) is 21.1. The first-order valence-corrected chi connectivity index (χ1v) is 9.99. The van der Waals surface area contributed by atoms with Crippen LogP contribution >= 0.6 is 0 Å². The maximum absolute atomic E-state index is 10.1. The van der Waals surface area contributed by atoms with E-state index >= 15 is 0 Å². The predicted octanol–water partition coefficient (Wildman–Crippen LogP) is 4.42. The summed E-state index contributed by atoms with van der Waals surface area (Å²) in [6.45, 7) is 4.04. The van der Waals surface area contributed by atoms with Crippen LogP contribution in [0.5, 0.6) is 0 Å². The van der Waals surface area contributed by atoms with E-state index in [9.17, 15) is 5.11 Å². The first-order valence-electron chi connectivity index (χ1n) is 9.99. The largest absolute Gasteiger partial charge is 0.388 e. The molecule has 4 rings (SSSR count). The number of rotatable bonds is 6. The number of nitrogen functional groups attached to an aromatic ring is 1. The van der Waals surface area contributed by atoms with Crippen LogP contribution in [0.4, 0.5) is 17.5 Å². The van der Waals surface area contributed by atoms with Gasteiger partial charge >= 0.3 is 0 Å². The van der Waals surface area contributed by atoms with Crippen molar-refractivity contribution >= 4 is 28.2 Å².